The number of rotatable bonds is 4. The van der Waals surface area contributed by atoms with E-state index in [4.69, 9.17) is 9.15 Å². The number of fused-ring (bicyclic) bond motifs is 2. The van der Waals surface area contributed by atoms with E-state index in [9.17, 15) is 9.59 Å². The van der Waals surface area contributed by atoms with Crippen molar-refractivity contribution in [3.05, 3.63) is 57.3 Å². The van der Waals surface area contributed by atoms with Crippen molar-refractivity contribution in [3.8, 4) is 5.75 Å². The summed E-state index contributed by atoms with van der Waals surface area (Å²) < 4.78 is 12.3. The predicted molar refractivity (Wildman–Crippen MR) is 88.2 cm³/mol. The Labute approximate surface area is 131 Å². The van der Waals surface area contributed by atoms with E-state index in [1.54, 1.807) is 24.3 Å². The van der Waals surface area contributed by atoms with Crippen molar-refractivity contribution in [2.75, 3.05) is 7.11 Å². The smallest absolute Gasteiger partial charge is 0.269 e. The molecule has 2 aromatic heterocycles. The van der Waals surface area contributed by atoms with Crippen LogP contribution in [-0.4, -0.2) is 16.7 Å². The zero-order chi connectivity index (χ0) is 16.6. The summed E-state index contributed by atoms with van der Waals surface area (Å²) in [6.45, 7) is 5.82. The van der Waals surface area contributed by atoms with E-state index in [2.05, 4.69) is 11.6 Å². The van der Waals surface area contributed by atoms with Crippen LogP contribution < -0.4 is 15.7 Å². The number of benzene rings is 1. The summed E-state index contributed by atoms with van der Waals surface area (Å²) in [5.41, 5.74) is -0.393. The molecule has 6 heteroatoms. The maximum atomic E-state index is 12.7. The highest BCUT2D eigenvalue weighted by Gasteiger charge is 2.17. The van der Waals surface area contributed by atoms with Crippen molar-refractivity contribution in [1.82, 2.24) is 9.55 Å². The van der Waals surface area contributed by atoms with E-state index >= 15 is 0 Å². The van der Waals surface area contributed by atoms with Gasteiger partial charge in [0.15, 0.2) is 5.39 Å². The third-order valence-corrected chi connectivity index (χ3v) is 3.71. The summed E-state index contributed by atoms with van der Waals surface area (Å²) in [5, 5.41) is 0.285. The average molecular weight is 312 g/mol. The SMILES string of the molecule is C=CCn1c(CC)nc2oc3cc(OC)ccc3c(=O)c2c1=O. The number of hydrogen-bond acceptors (Lipinski definition) is 5. The molecule has 0 aliphatic carbocycles. The van der Waals surface area contributed by atoms with Gasteiger partial charge in [-0.15, -0.1) is 6.58 Å². The second-order valence-corrected chi connectivity index (χ2v) is 5.06. The maximum absolute atomic E-state index is 12.7. The van der Waals surface area contributed by atoms with Gasteiger partial charge in [-0.05, 0) is 12.1 Å². The fourth-order valence-corrected chi connectivity index (χ4v) is 2.57. The van der Waals surface area contributed by atoms with Gasteiger partial charge in [-0.25, -0.2) is 0 Å². The molecule has 0 spiro atoms. The molecule has 0 N–H and O–H groups in total. The van der Waals surface area contributed by atoms with Crippen LogP contribution in [0.1, 0.15) is 12.7 Å². The van der Waals surface area contributed by atoms with Gasteiger partial charge in [0, 0.05) is 19.0 Å². The van der Waals surface area contributed by atoms with Crippen LogP contribution in [0.25, 0.3) is 22.1 Å². The lowest BCUT2D eigenvalue weighted by molar-refractivity contribution is 0.414. The second-order valence-electron chi connectivity index (χ2n) is 5.06. The molecule has 0 aliphatic heterocycles. The molecule has 0 aliphatic rings. The second kappa shape index (κ2) is 5.72. The number of aryl methyl sites for hydroxylation is 1. The van der Waals surface area contributed by atoms with Crippen molar-refractivity contribution < 1.29 is 9.15 Å². The lowest BCUT2D eigenvalue weighted by Gasteiger charge is -2.10. The fraction of sp³-hybridized carbons (Fsp3) is 0.235. The van der Waals surface area contributed by atoms with Gasteiger partial charge in [-0.3, -0.25) is 14.2 Å². The molecule has 2 heterocycles. The monoisotopic (exact) mass is 312 g/mol. The average Bonchev–Trinajstić information content (AvgIpc) is 2.56. The Morgan fingerprint density at radius 1 is 1.39 bits per heavy atom. The Bertz CT molecular complexity index is 1030. The molecular weight excluding hydrogens is 296 g/mol. The molecule has 118 valence electrons. The Balaban J connectivity index is 2.48. The van der Waals surface area contributed by atoms with Crippen molar-refractivity contribution in [3.63, 3.8) is 0 Å². The molecule has 23 heavy (non-hydrogen) atoms. The number of aromatic nitrogens is 2. The summed E-state index contributed by atoms with van der Waals surface area (Å²) >= 11 is 0. The van der Waals surface area contributed by atoms with Crippen LogP contribution in [0.3, 0.4) is 0 Å². The Morgan fingerprint density at radius 2 is 2.17 bits per heavy atom. The lowest BCUT2D eigenvalue weighted by Crippen LogP contribution is -2.28. The van der Waals surface area contributed by atoms with Crippen LogP contribution >= 0.6 is 0 Å². The zero-order valence-corrected chi connectivity index (χ0v) is 13.0. The van der Waals surface area contributed by atoms with E-state index in [1.165, 1.54) is 11.7 Å². The van der Waals surface area contributed by atoms with Crippen molar-refractivity contribution in [2.45, 2.75) is 19.9 Å². The molecular formula is C17H16N2O4. The molecule has 0 atom stereocenters. The van der Waals surface area contributed by atoms with Crippen molar-refractivity contribution in [1.29, 1.82) is 0 Å². The van der Waals surface area contributed by atoms with E-state index < -0.39 is 5.56 Å². The number of hydrogen-bond donors (Lipinski definition) is 0. The number of ether oxygens (including phenoxy) is 1. The molecule has 0 amide bonds. The largest absolute Gasteiger partial charge is 0.497 e. The minimum Gasteiger partial charge on any atom is -0.497 e. The Kier molecular flexibility index (Phi) is 3.73. The highest BCUT2D eigenvalue weighted by molar-refractivity contribution is 5.88. The van der Waals surface area contributed by atoms with Crippen LogP contribution in [0.4, 0.5) is 0 Å². The first kappa shape index (κ1) is 15.0. The third-order valence-electron chi connectivity index (χ3n) is 3.71. The van der Waals surface area contributed by atoms with Crippen molar-refractivity contribution in [2.24, 2.45) is 0 Å². The summed E-state index contributed by atoms with van der Waals surface area (Å²) in [6.07, 6.45) is 2.14. The Morgan fingerprint density at radius 3 is 2.83 bits per heavy atom. The molecule has 0 saturated carbocycles. The Hall–Kier alpha value is -2.89. The van der Waals surface area contributed by atoms with Crippen LogP contribution in [0, 0.1) is 0 Å². The third kappa shape index (κ3) is 2.32. The normalized spacial score (nSPS) is 11.0. The standard InChI is InChI=1S/C17H16N2O4/c1-4-8-19-13(5-2)18-16-14(17(19)21)15(20)11-7-6-10(22-3)9-12(11)23-16/h4,6-7,9H,1,5,8H2,2-3H3. The number of methoxy groups -OCH3 is 1. The molecule has 3 rings (SSSR count). The lowest BCUT2D eigenvalue weighted by atomic mass is 10.2. The van der Waals surface area contributed by atoms with Gasteiger partial charge in [0.1, 0.15) is 17.2 Å². The highest BCUT2D eigenvalue weighted by Crippen LogP contribution is 2.21. The molecule has 0 saturated heterocycles. The quantitative estimate of drug-likeness (QED) is 0.545. The summed E-state index contributed by atoms with van der Waals surface area (Å²) in [6, 6.07) is 4.85. The van der Waals surface area contributed by atoms with Gasteiger partial charge < -0.3 is 9.15 Å². The molecule has 0 unspecified atom stereocenters. The van der Waals surface area contributed by atoms with Gasteiger partial charge in [-0.1, -0.05) is 13.0 Å². The van der Waals surface area contributed by atoms with E-state index in [0.29, 0.717) is 35.5 Å². The molecule has 1 aromatic carbocycles. The topological polar surface area (TPSA) is 74.3 Å². The minimum absolute atomic E-state index is 0.0401. The van der Waals surface area contributed by atoms with E-state index in [1.807, 2.05) is 6.92 Å². The number of allylic oxidation sites excluding steroid dienone is 1. The van der Waals surface area contributed by atoms with Gasteiger partial charge in [-0.2, -0.15) is 4.98 Å². The van der Waals surface area contributed by atoms with E-state index in [-0.39, 0.29) is 16.5 Å². The summed E-state index contributed by atoms with van der Waals surface area (Å²) in [7, 11) is 1.53. The zero-order valence-electron chi connectivity index (χ0n) is 13.0. The first-order valence-corrected chi connectivity index (χ1v) is 7.25. The predicted octanol–water partition coefficient (Wildman–Crippen LogP) is 2.26. The van der Waals surface area contributed by atoms with Crippen LogP contribution in [0.2, 0.25) is 0 Å². The van der Waals surface area contributed by atoms with E-state index in [0.717, 1.165) is 0 Å². The molecule has 6 nitrogen and oxygen atoms in total. The molecule has 0 fully saturated rings. The van der Waals surface area contributed by atoms with Crippen molar-refractivity contribution >= 4 is 22.1 Å². The van der Waals surface area contributed by atoms with Gasteiger partial charge in [0.05, 0.1) is 12.5 Å². The molecule has 0 bridgehead atoms. The molecule has 0 radical (unpaired) electrons. The van der Waals surface area contributed by atoms with Crippen LogP contribution in [0.5, 0.6) is 5.75 Å². The molecule has 3 aromatic rings. The van der Waals surface area contributed by atoms with Crippen LogP contribution in [0.15, 0.2) is 44.9 Å². The first-order chi connectivity index (χ1) is 11.1. The summed E-state index contributed by atoms with van der Waals surface area (Å²) in [4.78, 5) is 29.7. The van der Waals surface area contributed by atoms with Crippen LogP contribution in [-0.2, 0) is 13.0 Å². The number of nitrogens with zero attached hydrogens (tertiary/aromatic N) is 2. The first-order valence-electron chi connectivity index (χ1n) is 7.25. The van der Waals surface area contributed by atoms with Gasteiger partial charge in [0.25, 0.3) is 5.56 Å². The summed E-state index contributed by atoms with van der Waals surface area (Å²) in [5.74, 6) is 1.11. The van der Waals surface area contributed by atoms with Gasteiger partial charge in [0.2, 0.25) is 11.1 Å². The van der Waals surface area contributed by atoms with Gasteiger partial charge >= 0.3 is 0 Å². The highest BCUT2D eigenvalue weighted by atomic mass is 16.5. The minimum atomic E-state index is -0.404. The fourth-order valence-electron chi connectivity index (χ4n) is 2.57. The maximum Gasteiger partial charge on any atom is 0.269 e.